The third-order valence-electron chi connectivity index (χ3n) is 2.60. The number of hydrogen-bond donors (Lipinski definition) is 1. The van der Waals surface area contributed by atoms with Crippen molar-refractivity contribution in [2.45, 2.75) is 19.4 Å². The first-order chi connectivity index (χ1) is 6.93. The van der Waals surface area contributed by atoms with Gasteiger partial charge in [0.25, 0.3) is 0 Å². The zero-order valence-corrected chi connectivity index (χ0v) is 9.82. The maximum absolute atomic E-state index is 5.72. The molecule has 1 aromatic heterocycles. The molecule has 2 N–H and O–H groups in total. The van der Waals surface area contributed by atoms with Gasteiger partial charge in [0, 0.05) is 17.8 Å². The summed E-state index contributed by atoms with van der Waals surface area (Å²) in [6, 6.07) is 1.78. The van der Waals surface area contributed by atoms with E-state index >= 15 is 0 Å². The van der Waals surface area contributed by atoms with E-state index in [-0.39, 0.29) is 5.54 Å². The normalized spacial score (nSPS) is 11.8. The molecule has 0 saturated carbocycles. The van der Waals surface area contributed by atoms with E-state index in [4.69, 9.17) is 10.5 Å². The molecule has 15 heavy (non-hydrogen) atoms. The second kappa shape index (κ2) is 4.49. The number of likely N-dealkylation sites (N-methyl/N-ethyl adjacent to an activating group) is 1. The summed E-state index contributed by atoms with van der Waals surface area (Å²) in [6.45, 7) is 4.82. The molecule has 0 unspecified atom stereocenters. The fourth-order valence-electron chi connectivity index (χ4n) is 0.909. The number of rotatable bonds is 4. The lowest BCUT2D eigenvalue weighted by Crippen LogP contribution is -2.43. The minimum Gasteiger partial charge on any atom is -0.489 e. The molecule has 0 aliphatic carbocycles. The summed E-state index contributed by atoms with van der Waals surface area (Å²) in [4.78, 5) is 6.02. The molecule has 84 valence electrons. The second-order valence-corrected chi connectivity index (χ2v) is 4.41. The van der Waals surface area contributed by atoms with Crippen LogP contribution in [-0.4, -0.2) is 36.1 Å². The Morgan fingerprint density at radius 2 is 2.13 bits per heavy atom. The fraction of sp³-hybridized carbons (Fsp3) is 0.545. The molecule has 0 spiro atoms. The number of anilines is 1. The van der Waals surface area contributed by atoms with Gasteiger partial charge in [-0.05, 0) is 27.9 Å². The van der Waals surface area contributed by atoms with Crippen LogP contribution < -0.4 is 10.5 Å². The molecule has 4 heteroatoms. The number of nitrogens with zero attached hydrogens (tertiary/aromatic N) is 2. The van der Waals surface area contributed by atoms with Crippen LogP contribution in [0.2, 0.25) is 0 Å². The highest BCUT2D eigenvalue weighted by molar-refractivity contribution is 5.49. The molecule has 0 radical (unpaired) electrons. The van der Waals surface area contributed by atoms with Crippen molar-refractivity contribution >= 4 is 5.69 Å². The summed E-state index contributed by atoms with van der Waals surface area (Å²) in [5, 5.41) is 0. The maximum Gasteiger partial charge on any atom is 0.145 e. The van der Waals surface area contributed by atoms with E-state index in [2.05, 4.69) is 23.7 Å². The number of aromatic nitrogens is 1. The van der Waals surface area contributed by atoms with Crippen LogP contribution in [0.1, 0.15) is 13.8 Å². The first kappa shape index (κ1) is 11.8. The molecule has 0 fully saturated rings. The SMILES string of the molecule is CN(C)C(C)(C)COc1ccncc1N. The van der Waals surface area contributed by atoms with Gasteiger partial charge in [0.1, 0.15) is 12.4 Å². The summed E-state index contributed by atoms with van der Waals surface area (Å²) >= 11 is 0. The zero-order valence-electron chi connectivity index (χ0n) is 9.82. The molecule has 1 rings (SSSR count). The van der Waals surface area contributed by atoms with Crippen LogP contribution in [0.25, 0.3) is 0 Å². The lowest BCUT2D eigenvalue weighted by atomic mass is 10.1. The average Bonchev–Trinajstić information content (AvgIpc) is 2.16. The van der Waals surface area contributed by atoms with Gasteiger partial charge in [-0.25, -0.2) is 0 Å². The summed E-state index contributed by atoms with van der Waals surface area (Å²) in [7, 11) is 4.05. The van der Waals surface area contributed by atoms with Gasteiger partial charge in [-0.3, -0.25) is 4.98 Å². The second-order valence-electron chi connectivity index (χ2n) is 4.41. The Balaban J connectivity index is 2.62. The lowest BCUT2D eigenvalue weighted by Gasteiger charge is -2.32. The molecule has 1 aromatic rings. The zero-order chi connectivity index (χ0) is 11.5. The number of ether oxygens (including phenoxy) is 1. The Bertz CT molecular complexity index is 323. The summed E-state index contributed by atoms with van der Waals surface area (Å²) in [5.74, 6) is 0.694. The molecule has 0 aliphatic rings. The molecular weight excluding hydrogens is 190 g/mol. The van der Waals surface area contributed by atoms with Gasteiger partial charge in [-0.2, -0.15) is 0 Å². The minimum atomic E-state index is -0.0181. The van der Waals surface area contributed by atoms with Crippen LogP contribution in [0.3, 0.4) is 0 Å². The van der Waals surface area contributed by atoms with Crippen LogP contribution in [0, 0.1) is 0 Å². The van der Waals surface area contributed by atoms with Crippen molar-refractivity contribution in [1.29, 1.82) is 0 Å². The number of nitrogens with two attached hydrogens (primary N) is 1. The maximum atomic E-state index is 5.72. The van der Waals surface area contributed by atoms with E-state index in [0.717, 1.165) is 0 Å². The molecular formula is C11H19N3O. The van der Waals surface area contributed by atoms with Gasteiger partial charge >= 0.3 is 0 Å². The minimum absolute atomic E-state index is 0.0181. The fourth-order valence-corrected chi connectivity index (χ4v) is 0.909. The highest BCUT2D eigenvalue weighted by Gasteiger charge is 2.21. The van der Waals surface area contributed by atoms with E-state index in [0.29, 0.717) is 18.0 Å². The largest absolute Gasteiger partial charge is 0.489 e. The van der Waals surface area contributed by atoms with Crippen LogP contribution in [0.4, 0.5) is 5.69 Å². The highest BCUT2D eigenvalue weighted by atomic mass is 16.5. The third-order valence-corrected chi connectivity index (χ3v) is 2.60. The van der Waals surface area contributed by atoms with Crippen LogP contribution in [0.15, 0.2) is 18.5 Å². The van der Waals surface area contributed by atoms with Crippen LogP contribution in [0.5, 0.6) is 5.75 Å². The molecule has 0 saturated heterocycles. The van der Waals surface area contributed by atoms with E-state index in [1.807, 2.05) is 14.1 Å². The van der Waals surface area contributed by atoms with Gasteiger partial charge in [-0.15, -0.1) is 0 Å². The summed E-state index contributed by atoms with van der Waals surface area (Å²) in [6.07, 6.45) is 3.27. The molecule has 1 heterocycles. The van der Waals surface area contributed by atoms with Crippen LogP contribution >= 0.6 is 0 Å². The lowest BCUT2D eigenvalue weighted by molar-refractivity contribution is 0.114. The predicted octanol–water partition coefficient (Wildman–Crippen LogP) is 1.38. The first-order valence-corrected chi connectivity index (χ1v) is 4.93. The highest BCUT2D eigenvalue weighted by Crippen LogP contribution is 2.20. The van der Waals surface area contributed by atoms with E-state index < -0.39 is 0 Å². The van der Waals surface area contributed by atoms with E-state index in [1.54, 1.807) is 18.5 Å². The van der Waals surface area contributed by atoms with E-state index in [1.165, 1.54) is 0 Å². The van der Waals surface area contributed by atoms with Crippen molar-refractivity contribution < 1.29 is 4.74 Å². The van der Waals surface area contributed by atoms with Gasteiger partial charge < -0.3 is 15.4 Å². The molecule has 0 aliphatic heterocycles. The average molecular weight is 209 g/mol. The van der Waals surface area contributed by atoms with Crippen molar-refractivity contribution in [1.82, 2.24) is 9.88 Å². The quantitative estimate of drug-likeness (QED) is 0.814. The molecule has 0 aromatic carbocycles. The predicted molar refractivity (Wildman–Crippen MR) is 61.9 cm³/mol. The Kier molecular flexibility index (Phi) is 3.52. The van der Waals surface area contributed by atoms with Crippen molar-refractivity contribution in [3.8, 4) is 5.75 Å². The molecule has 0 atom stereocenters. The van der Waals surface area contributed by atoms with Crippen molar-refractivity contribution in [2.24, 2.45) is 0 Å². The Labute approximate surface area is 91.1 Å². The monoisotopic (exact) mass is 209 g/mol. The molecule has 0 amide bonds. The van der Waals surface area contributed by atoms with Crippen molar-refractivity contribution in [3.63, 3.8) is 0 Å². The van der Waals surface area contributed by atoms with Crippen LogP contribution in [-0.2, 0) is 0 Å². The van der Waals surface area contributed by atoms with Gasteiger partial charge in [0.15, 0.2) is 0 Å². The first-order valence-electron chi connectivity index (χ1n) is 4.93. The third kappa shape index (κ3) is 3.09. The smallest absolute Gasteiger partial charge is 0.145 e. The van der Waals surface area contributed by atoms with Gasteiger partial charge in [0.2, 0.25) is 0 Å². The Morgan fingerprint density at radius 3 is 2.67 bits per heavy atom. The van der Waals surface area contributed by atoms with Gasteiger partial charge in [-0.1, -0.05) is 0 Å². The Morgan fingerprint density at radius 1 is 1.47 bits per heavy atom. The van der Waals surface area contributed by atoms with Crippen molar-refractivity contribution in [3.05, 3.63) is 18.5 Å². The summed E-state index contributed by atoms with van der Waals surface area (Å²) < 4.78 is 5.66. The molecule has 0 bridgehead atoms. The molecule has 4 nitrogen and oxygen atoms in total. The standard InChI is InChI=1S/C11H19N3O/c1-11(2,14(3)4)8-15-10-5-6-13-7-9(10)12/h5-7H,8,12H2,1-4H3. The van der Waals surface area contributed by atoms with Gasteiger partial charge in [0.05, 0.1) is 11.9 Å². The van der Waals surface area contributed by atoms with Crippen molar-refractivity contribution in [2.75, 3.05) is 26.4 Å². The number of pyridine rings is 1. The number of nitrogen functional groups attached to an aromatic ring is 1. The summed E-state index contributed by atoms with van der Waals surface area (Å²) in [5.41, 5.74) is 6.28. The number of hydrogen-bond acceptors (Lipinski definition) is 4. The topological polar surface area (TPSA) is 51.4 Å². The van der Waals surface area contributed by atoms with E-state index in [9.17, 15) is 0 Å². The Hall–Kier alpha value is -1.29.